The fourth-order valence-corrected chi connectivity index (χ4v) is 2.37. The number of aromatic nitrogens is 3. The third kappa shape index (κ3) is 4.20. The summed E-state index contributed by atoms with van der Waals surface area (Å²) in [5.41, 5.74) is 2.06. The van der Waals surface area contributed by atoms with E-state index in [1.165, 1.54) is 0 Å². The quantitative estimate of drug-likeness (QED) is 0.740. The lowest BCUT2D eigenvalue weighted by molar-refractivity contribution is 0.102. The molecule has 25 heavy (non-hydrogen) atoms. The lowest BCUT2D eigenvalue weighted by Crippen LogP contribution is -2.17. The van der Waals surface area contributed by atoms with Crippen LogP contribution in [0.25, 0.3) is 0 Å². The first-order chi connectivity index (χ1) is 12.0. The van der Waals surface area contributed by atoms with Gasteiger partial charge in [-0.05, 0) is 32.4 Å². The van der Waals surface area contributed by atoms with Gasteiger partial charge in [0.1, 0.15) is 11.5 Å². The summed E-state index contributed by atoms with van der Waals surface area (Å²) >= 11 is 0. The number of hydrogen-bond acceptors (Lipinski definition) is 6. The molecule has 2 heterocycles. The molecule has 0 aliphatic heterocycles. The average Bonchev–Trinajstić information content (AvgIpc) is 3.00. The van der Waals surface area contributed by atoms with Crippen molar-refractivity contribution in [3.8, 4) is 0 Å². The van der Waals surface area contributed by atoms with Gasteiger partial charge in [-0.3, -0.25) is 4.79 Å². The average molecular weight is 337 g/mol. The van der Waals surface area contributed by atoms with Crippen molar-refractivity contribution in [1.82, 2.24) is 15.1 Å². The van der Waals surface area contributed by atoms with Crippen molar-refractivity contribution in [2.75, 3.05) is 10.6 Å². The summed E-state index contributed by atoms with van der Waals surface area (Å²) in [5, 5.41) is 9.63. The van der Waals surface area contributed by atoms with Crippen LogP contribution in [0.4, 0.5) is 11.8 Å². The summed E-state index contributed by atoms with van der Waals surface area (Å²) in [6.07, 6.45) is 0. The number of anilines is 2. The smallest absolute Gasteiger partial charge is 0.275 e. The zero-order chi connectivity index (χ0) is 17.8. The number of benzene rings is 1. The largest absolute Gasteiger partial charge is 0.360 e. The highest BCUT2D eigenvalue weighted by Crippen LogP contribution is 2.17. The van der Waals surface area contributed by atoms with Gasteiger partial charge in [-0.25, -0.2) is 9.97 Å². The van der Waals surface area contributed by atoms with Gasteiger partial charge in [0.2, 0.25) is 5.95 Å². The molecule has 128 valence electrons. The highest BCUT2D eigenvalue weighted by molar-refractivity contribution is 6.02. The summed E-state index contributed by atoms with van der Waals surface area (Å²) < 4.78 is 4.94. The van der Waals surface area contributed by atoms with Crippen LogP contribution >= 0.6 is 0 Å². The molecule has 0 saturated heterocycles. The first-order valence-corrected chi connectivity index (χ1v) is 7.93. The lowest BCUT2D eigenvalue weighted by Gasteiger charge is -2.15. The van der Waals surface area contributed by atoms with Crippen LogP contribution in [0.15, 0.2) is 47.0 Å². The topological polar surface area (TPSA) is 92.9 Å². The Morgan fingerprint density at radius 3 is 2.56 bits per heavy atom. The van der Waals surface area contributed by atoms with E-state index < -0.39 is 0 Å². The maximum Gasteiger partial charge on any atom is 0.275 e. The Bertz CT molecular complexity index is 876. The highest BCUT2D eigenvalue weighted by Gasteiger charge is 2.14. The molecule has 7 heteroatoms. The van der Waals surface area contributed by atoms with E-state index in [0.29, 0.717) is 23.2 Å². The fourth-order valence-electron chi connectivity index (χ4n) is 2.37. The monoisotopic (exact) mass is 337 g/mol. The molecule has 3 rings (SSSR count). The second-order valence-corrected chi connectivity index (χ2v) is 5.77. The van der Waals surface area contributed by atoms with Crippen molar-refractivity contribution in [3.05, 3.63) is 65.2 Å². The number of carbonyl (C=O) groups is 1. The first kappa shape index (κ1) is 16.6. The summed E-state index contributed by atoms with van der Waals surface area (Å²) in [7, 11) is 0. The Labute approximate surface area is 145 Å². The zero-order valence-corrected chi connectivity index (χ0v) is 14.3. The van der Waals surface area contributed by atoms with Gasteiger partial charge >= 0.3 is 0 Å². The Balaban J connectivity index is 1.77. The van der Waals surface area contributed by atoms with Crippen LogP contribution in [0.2, 0.25) is 0 Å². The molecule has 0 radical (unpaired) electrons. The van der Waals surface area contributed by atoms with Crippen molar-refractivity contribution >= 4 is 17.7 Å². The van der Waals surface area contributed by atoms with E-state index in [2.05, 4.69) is 25.8 Å². The molecule has 0 aliphatic carbocycles. The van der Waals surface area contributed by atoms with E-state index in [-0.39, 0.29) is 17.6 Å². The molecule has 2 N–H and O–H groups in total. The molecule has 7 nitrogen and oxygen atoms in total. The van der Waals surface area contributed by atoms with Gasteiger partial charge in [-0.15, -0.1) is 0 Å². The standard InChI is InChI=1S/C18H19N5O2/c1-11-9-15(17(24)22-16-10-12(2)25-23-16)21-18(19-11)20-13(3)14-7-5-4-6-8-14/h4-10,13H,1-3H3,(H,19,20,21)(H,22,23,24). The van der Waals surface area contributed by atoms with E-state index in [0.717, 1.165) is 5.56 Å². The van der Waals surface area contributed by atoms with E-state index >= 15 is 0 Å². The van der Waals surface area contributed by atoms with E-state index in [4.69, 9.17) is 4.52 Å². The van der Waals surface area contributed by atoms with Gasteiger partial charge in [0.15, 0.2) is 5.82 Å². The van der Waals surface area contributed by atoms with E-state index in [9.17, 15) is 4.79 Å². The maximum atomic E-state index is 12.4. The predicted molar refractivity (Wildman–Crippen MR) is 94.4 cm³/mol. The van der Waals surface area contributed by atoms with Crippen LogP contribution in [0.5, 0.6) is 0 Å². The molecule has 2 aromatic heterocycles. The number of nitrogens with zero attached hydrogens (tertiary/aromatic N) is 3. The number of amides is 1. The minimum absolute atomic E-state index is 0.0112. The molecule has 3 aromatic rings. The summed E-state index contributed by atoms with van der Waals surface area (Å²) in [6, 6.07) is 13.2. The molecule has 1 unspecified atom stereocenters. The maximum absolute atomic E-state index is 12.4. The molecule has 1 amide bonds. The number of hydrogen-bond donors (Lipinski definition) is 2. The van der Waals surface area contributed by atoms with Crippen molar-refractivity contribution < 1.29 is 9.32 Å². The van der Waals surface area contributed by atoms with Crippen molar-refractivity contribution in [2.45, 2.75) is 26.8 Å². The molecular formula is C18H19N5O2. The lowest BCUT2D eigenvalue weighted by atomic mass is 10.1. The van der Waals surface area contributed by atoms with Gasteiger partial charge < -0.3 is 15.2 Å². The second-order valence-electron chi connectivity index (χ2n) is 5.77. The molecule has 1 aromatic carbocycles. The van der Waals surface area contributed by atoms with E-state index in [1.807, 2.05) is 44.2 Å². The molecule has 0 saturated carbocycles. The number of rotatable bonds is 5. The van der Waals surface area contributed by atoms with Crippen LogP contribution < -0.4 is 10.6 Å². The number of aryl methyl sites for hydroxylation is 2. The molecule has 0 bridgehead atoms. The van der Waals surface area contributed by atoms with Gasteiger partial charge in [-0.1, -0.05) is 35.5 Å². The first-order valence-electron chi connectivity index (χ1n) is 7.93. The third-order valence-electron chi connectivity index (χ3n) is 3.60. The van der Waals surface area contributed by atoms with Crippen molar-refractivity contribution in [2.24, 2.45) is 0 Å². The van der Waals surface area contributed by atoms with Gasteiger partial charge in [-0.2, -0.15) is 0 Å². The van der Waals surface area contributed by atoms with Crippen LogP contribution in [0, 0.1) is 13.8 Å². The second kappa shape index (κ2) is 7.12. The molecule has 0 fully saturated rings. The molecular weight excluding hydrogens is 318 g/mol. The summed E-state index contributed by atoms with van der Waals surface area (Å²) in [4.78, 5) is 21.0. The molecule has 0 spiro atoms. The van der Waals surface area contributed by atoms with Crippen LogP contribution in [-0.4, -0.2) is 21.0 Å². The zero-order valence-electron chi connectivity index (χ0n) is 14.3. The SMILES string of the molecule is Cc1cc(C(=O)Nc2cc(C)on2)nc(NC(C)c2ccccc2)n1. The Morgan fingerprint density at radius 2 is 1.88 bits per heavy atom. The minimum atomic E-state index is -0.366. The van der Waals surface area contributed by atoms with Gasteiger partial charge in [0.25, 0.3) is 5.91 Å². The summed E-state index contributed by atoms with van der Waals surface area (Å²) in [5.74, 6) is 1.01. The van der Waals surface area contributed by atoms with Gasteiger partial charge in [0.05, 0.1) is 6.04 Å². The fraction of sp³-hybridized carbons (Fsp3) is 0.222. The third-order valence-corrected chi connectivity index (χ3v) is 3.60. The van der Waals surface area contributed by atoms with Crippen LogP contribution in [0.1, 0.15) is 40.5 Å². The van der Waals surface area contributed by atoms with Gasteiger partial charge in [0, 0.05) is 11.8 Å². The molecule has 0 aliphatic rings. The normalized spacial score (nSPS) is 11.8. The highest BCUT2D eigenvalue weighted by atomic mass is 16.5. The Morgan fingerprint density at radius 1 is 1.12 bits per heavy atom. The number of carbonyl (C=O) groups excluding carboxylic acids is 1. The van der Waals surface area contributed by atoms with E-state index in [1.54, 1.807) is 19.1 Å². The minimum Gasteiger partial charge on any atom is -0.360 e. The summed E-state index contributed by atoms with van der Waals surface area (Å²) in [6.45, 7) is 5.58. The van der Waals surface area contributed by atoms with Crippen LogP contribution in [-0.2, 0) is 0 Å². The number of nitrogens with one attached hydrogen (secondary N) is 2. The Hall–Kier alpha value is -3.22. The van der Waals surface area contributed by atoms with Crippen molar-refractivity contribution in [3.63, 3.8) is 0 Å². The van der Waals surface area contributed by atoms with Crippen LogP contribution in [0.3, 0.4) is 0 Å². The van der Waals surface area contributed by atoms with Crippen molar-refractivity contribution in [1.29, 1.82) is 0 Å². The Kier molecular flexibility index (Phi) is 4.74. The predicted octanol–water partition coefficient (Wildman–Crippen LogP) is 3.51. The molecule has 1 atom stereocenters.